The Morgan fingerprint density at radius 2 is 2.10 bits per heavy atom. The van der Waals surface area contributed by atoms with Gasteiger partial charge in [-0.3, -0.25) is 5.10 Å². The van der Waals surface area contributed by atoms with E-state index in [1.807, 2.05) is 0 Å². The number of hydrogen-bond acceptors (Lipinski definition) is 4. The Balaban J connectivity index is 2.29. The topological polar surface area (TPSA) is 92.1 Å². The molecule has 120 valence electrons. The van der Waals surface area contributed by atoms with E-state index >= 15 is 0 Å². The Morgan fingerprint density at radius 3 is 2.67 bits per heavy atom. The number of nitrogens with one attached hydrogen (secondary N) is 1. The first kappa shape index (κ1) is 16.5. The van der Waals surface area contributed by atoms with Crippen LogP contribution in [0.25, 0.3) is 0 Å². The van der Waals surface area contributed by atoms with Crippen molar-refractivity contribution < 1.29 is 8.42 Å². The van der Waals surface area contributed by atoms with Crippen LogP contribution in [0.15, 0.2) is 11.2 Å². The number of hydrogen-bond donors (Lipinski definition) is 2. The summed E-state index contributed by atoms with van der Waals surface area (Å²) in [6, 6.07) is 0.114. The minimum Gasteiger partial charge on any atom is -0.326 e. The van der Waals surface area contributed by atoms with Crippen LogP contribution in [0.4, 0.5) is 0 Å². The Morgan fingerprint density at radius 1 is 1.43 bits per heavy atom. The highest BCUT2D eigenvalue weighted by atomic mass is 32.2. The highest BCUT2D eigenvalue weighted by molar-refractivity contribution is 7.89. The van der Waals surface area contributed by atoms with Crippen molar-refractivity contribution in [2.75, 3.05) is 6.54 Å². The number of rotatable bonds is 7. The number of aromatic amines is 1. The van der Waals surface area contributed by atoms with E-state index in [9.17, 15) is 8.42 Å². The predicted molar refractivity (Wildman–Crippen MR) is 82.1 cm³/mol. The SMILES string of the molecule is CC(C)CCN(C1CCCC1)S(=O)(=O)c1[nH]ncc1CN. The number of sulfonamides is 1. The van der Waals surface area contributed by atoms with E-state index in [-0.39, 0.29) is 17.6 Å². The fourth-order valence-electron chi connectivity index (χ4n) is 2.86. The first-order valence-corrected chi connectivity index (χ1v) is 9.15. The van der Waals surface area contributed by atoms with Gasteiger partial charge in [0.05, 0.1) is 6.20 Å². The molecule has 0 spiro atoms. The smallest absolute Gasteiger partial charge is 0.260 e. The normalized spacial score (nSPS) is 17.2. The van der Waals surface area contributed by atoms with Gasteiger partial charge in [-0.15, -0.1) is 0 Å². The predicted octanol–water partition coefficient (Wildman–Crippen LogP) is 1.85. The van der Waals surface area contributed by atoms with Crippen molar-refractivity contribution in [1.29, 1.82) is 0 Å². The van der Waals surface area contributed by atoms with Crippen LogP contribution in [0.1, 0.15) is 51.5 Å². The highest BCUT2D eigenvalue weighted by Crippen LogP contribution is 2.29. The van der Waals surface area contributed by atoms with Crippen molar-refractivity contribution in [3.05, 3.63) is 11.8 Å². The average molecular weight is 314 g/mol. The van der Waals surface area contributed by atoms with Gasteiger partial charge in [0.15, 0.2) is 5.03 Å². The summed E-state index contributed by atoms with van der Waals surface area (Å²) in [5, 5.41) is 6.65. The van der Waals surface area contributed by atoms with E-state index in [1.54, 1.807) is 4.31 Å². The summed E-state index contributed by atoms with van der Waals surface area (Å²) in [5.74, 6) is 0.472. The van der Waals surface area contributed by atoms with Crippen LogP contribution in [0.2, 0.25) is 0 Å². The molecule has 3 N–H and O–H groups in total. The van der Waals surface area contributed by atoms with E-state index < -0.39 is 10.0 Å². The van der Waals surface area contributed by atoms with Gasteiger partial charge in [-0.1, -0.05) is 26.7 Å². The molecule has 0 aromatic carbocycles. The molecule has 1 saturated carbocycles. The van der Waals surface area contributed by atoms with E-state index in [4.69, 9.17) is 5.73 Å². The van der Waals surface area contributed by atoms with E-state index in [0.717, 1.165) is 32.1 Å². The minimum absolute atomic E-state index is 0.114. The molecule has 0 unspecified atom stereocenters. The lowest BCUT2D eigenvalue weighted by molar-refractivity contribution is 0.303. The molecule has 0 bridgehead atoms. The summed E-state index contributed by atoms with van der Waals surface area (Å²) >= 11 is 0. The maximum atomic E-state index is 13.0. The molecule has 21 heavy (non-hydrogen) atoms. The van der Waals surface area contributed by atoms with Gasteiger partial charge in [0.2, 0.25) is 0 Å². The van der Waals surface area contributed by atoms with E-state index in [2.05, 4.69) is 24.0 Å². The van der Waals surface area contributed by atoms with Gasteiger partial charge in [0.25, 0.3) is 10.0 Å². The third-order valence-corrected chi connectivity index (χ3v) is 6.09. The van der Waals surface area contributed by atoms with Crippen LogP contribution in [0.5, 0.6) is 0 Å². The van der Waals surface area contributed by atoms with Gasteiger partial charge in [0.1, 0.15) is 0 Å². The lowest BCUT2D eigenvalue weighted by Crippen LogP contribution is -2.40. The summed E-state index contributed by atoms with van der Waals surface area (Å²) in [4.78, 5) is 0. The number of aromatic nitrogens is 2. The Kier molecular flexibility index (Phi) is 5.40. The van der Waals surface area contributed by atoms with Crippen molar-refractivity contribution >= 4 is 10.0 Å². The first-order chi connectivity index (χ1) is 9.96. The second-order valence-corrected chi connectivity index (χ2v) is 7.99. The Bertz CT molecular complexity index is 547. The molecular weight excluding hydrogens is 288 g/mol. The van der Waals surface area contributed by atoms with Crippen LogP contribution in [-0.2, 0) is 16.6 Å². The van der Waals surface area contributed by atoms with Gasteiger partial charge < -0.3 is 5.73 Å². The van der Waals surface area contributed by atoms with Crippen molar-refractivity contribution in [2.45, 2.75) is 63.6 Å². The van der Waals surface area contributed by atoms with E-state index in [0.29, 0.717) is 18.0 Å². The molecule has 1 aromatic heterocycles. The second-order valence-electron chi connectivity index (χ2n) is 6.17. The van der Waals surface area contributed by atoms with Gasteiger partial charge in [-0.25, -0.2) is 8.42 Å². The molecule has 1 heterocycles. The molecule has 1 aliphatic rings. The maximum Gasteiger partial charge on any atom is 0.260 e. The van der Waals surface area contributed by atoms with Crippen molar-refractivity contribution in [3.63, 3.8) is 0 Å². The lowest BCUT2D eigenvalue weighted by atomic mass is 10.1. The molecule has 1 aliphatic carbocycles. The van der Waals surface area contributed by atoms with Crippen molar-refractivity contribution in [1.82, 2.24) is 14.5 Å². The van der Waals surface area contributed by atoms with Gasteiger partial charge in [-0.2, -0.15) is 9.40 Å². The molecule has 0 atom stereocenters. The van der Waals surface area contributed by atoms with Crippen LogP contribution in [0, 0.1) is 5.92 Å². The monoisotopic (exact) mass is 314 g/mol. The zero-order valence-electron chi connectivity index (χ0n) is 12.9. The molecule has 0 radical (unpaired) electrons. The van der Waals surface area contributed by atoms with Gasteiger partial charge in [0, 0.05) is 24.7 Å². The Labute approximate surface area is 127 Å². The number of H-pyrrole nitrogens is 1. The fraction of sp³-hybridized carbons (Fsp3) is 0.786. The zero-order valence-corrected chi connectivity index (χ0v) is 13.7. The van der Waals surface area contributed by atoms with Crippen molar-refractivity contribution in [3.8, 4) is 0 Å². The number of nitrogens with two attached hydrogens (primary N) is 1. The molecule has 1 fully saturated rings. The average Bonchev–Trinajstić information content (AvgIpc) is 3.09. The lowest BCUT2D eigenvalue weighted by Gasteiger charge is -2.28. The molecule has 7 heteroatoms. The first-order valence-electron chi connectivity index (χ1n) is 7.71. The summed E-state index contributed by atoms with van der Waals surface area (Å²) < 4.78 is 27.6. The van der Waals surface area contributed by atoms with Crippen molar-refractivity contribution in [2.24, 2.45) is 11.7 Å². The molecular formula is C14H26N4O2S. The standard InChI is InChI=1S/C14H26N4O2S/c1-11(2)7-8-18(13-5-3-4-6-13)21(19,20)14-12(9-15)10-16-17-14/h10-11,13H,3-9,15H2,1-2H3,(H,16,17). The molecule has 0 aliphatic heterocycles. The fourth-order valence-corrected chi connectivity index (χ4v) is 4.68. The quantitative estimate of drug-likeness (QED) is 0.803. The van der Waals surface area contributed by atoms with E-state index in [1.165, 1.54) is 6.20 Å². The molecule has 0 saturated heterocycles. The van der Waals surface area contributed by atoms with Crippen LogP contribution >= 0.6 is 0 Å². The maximum absolute atomic E-state index is 13.0. The summed E-state index contributed by atoms with van der Waals surface area (Å²) in [6.45, 7) is 4.96. The summed E-state index contributed by atoms with van der Waals surface area (Å²) in [6.07, 6.45) is 6.47. The summed E-state index contributed by atoms with van der Waals surface area (Å²) in [7, 11) is -3.54. The summed E-state index contributed by atoms with van der Waals surface area (Å²) in [5.41, 5.74) is 6.18. The van der Waals surface area contributed by atoms with Crippen LogP contribution in [-0.4, -0.2) is 35.5 Å². The highest BCUT2D eigenvalue weighted by Gasteiger charge is 2.35. The minimum atomic E-state index is -3.54. The second kappa shape index (κ2) is 6.89. The number of nitrogens with zero attached hydrogens (tertiary/aromatic N) is 2. The Hall–Kier alpha value is -0.920. The van der Waals surface area contributed by atoms with Crippen LogP contribution in [0.3, 0.4) is 0 Å². The third-order valence-electron chi connectivity index (χ3n) is 4.12. The molecule has 2 rings (SSSR count). The van der Waals surface area contributed by atoms with Gasteiger partial charge in [-0.05, 0) is 25.2 Å². The molecule has 0 amide bonds. The zero-order chi connectivity index (χ0) is 15.5. The molecule has 6 nitrogen and oxygen atoms in total. The third kappa shape index (κ3) is 3.64. The largest absolute Gasteiger partial charge is 0.326 e. The molecule has 1 aromatic rings. The van der Waals surface area contributed by atoms with Crippen LogP contribution < -0.4 is 5.73 Å². The van der Waals surface area contributed by atoms with Gasteiger partial charge >= 0.3 is 0 Å².